The maximum atomic E-state index is 14.8. The maximum absolute atomic E-state index is 14.8. The highest BCUT2D eigenvalue weighted by molar-refractivity contribution is 7.48. The summed E-state index contributed by atoms with van der Waals surface area (Å²) >= 11 is 6.49. The van der Waals surface area contributed by atoms with Crippen LogP contribution in [0, 0.1) is 11.3 Å². The summed E-state index contributed by atoms with van der Waals surface area (Å²) in [5.74, 6) is -0.769. The van der Waals surface area contributed by atoms with Gasteiger partial charge in [0, 0.05) is 6.61 Å². The number of nitrogens with zero attached hydrogens (tertiary/aromatic N) is 4. The van der Waals surface area contributed by atoms with Crippen LogP contribution in [0.1, 0.15) is 135 Å². The molecule has 2 fully saturated rings. The molecule has 2 aromatic carbocycles. The van der Waals surface area contributed by atoms with E-state index < -0.39 is 43.6 Å². The van der Waals surface area contributed by atoms with Crippen LogP contribution in [0.25, 0.3) is 5.52 Å². The summed E-state index contributed by atoms with van der Waals surface area (Å²) in [5.41, 5.74) is 6.26. The molecule has 1 unspecified atom stereocenters. The quantitative estimate of drug-likeness (QED) is 0.0374. The van der Waals surface area contributed by atoms with Gasteiger partial charge in [-0.3, -0.25) is 9.05 Å². The highest BCUT2D eigenvalue weighted by Gasteiger charge is 2.65. The number of phosphoric ester groups is 1. The summed E-state index contributed by atoms with van der Waals surface area (Å²) in [6.45, 7) is 6.21. The van der Waals surface area contributed by atoms with Crippen molar-refractivity contribution < 1.29 is 41.8 Å². The van der Waals surface area contributed by atoms with Crippen LogP contribution in [-0.4, -0.2) is 71.2 Å². The normalized spacial score (nSPS) is 21.6. The summed E-state index contributed by atoms with van der Waals surface area (Å²) in [6, 6.07) is 22.2. The van der Waals surface area contributed by atoms with E-state index in [2.05, 4.69) is 23.1 Å². The average Bonchev–Trinajstić information content (AvgIpc) is 3.97. The molecule has 65 heavy (non-hydrogen) atoms. The number of rotatable bonds is 31. The molecule has 6 rings (SSSR count). The average molecular weight is 939 g/mol. The van der Waals surface area contributed by atoms with Crippen molar-refractivity contribution in [2.24, 2.45) is 0 Å². The highest BCUT2D eigenvalue weighted by atomic mass is 35.5. The Kier molecular flexibility index (Phi) is 19.9. The van der Waals surface area contributed by atoms with E-state index in [1.807, 2.05) is 30.3 Å². The van der Waals surface area contributed by atoms with Gasteiger partial charge in [0.25, 0.3) is 0 Å². The molecule has 0 saturated carbocycles. The summed E-state index contributed by atoms with van der Waals surface area (Å²) in [7, 11) is -4.49. The summed E-state index contributed by atoms with van der Waals surface area (Å²) in [4.78, 5) is 4.07. The van der Waals surface area contributed by atoms with Crippen molar-refractivity contribution in [1.82, 2.24) is 14.6 Å². The van der Waals surface area contributed by atoms with Crippen LogP contribution in [0.4, 0.5) is 5.82 Å². The van der Waals surface area contributed by atoms with Crippen LogP contribution in [0.2, 0.25) is 5.02 Å². The van der Waals surface area contributed by atoms with Crippen molar-refractivity contribution in [2.75, 3.05) is 32.2 Å². The zero-order valence-corrected chi connectivity index (χ0v) is 40.1. The Morgan fingerprint density at radius 2 is 1.48 bits per heavy atom. The number of unbranched alkanes of at least 4 members (excludes halogenated alkanes) is 15. The number of nitriles is 1. The van der Waals surface area contributed by atoms with Crippen molar-refractivity contribution in [1.29, 1.82) is 5.26 Å². The van der Waals surface area contributed by atoms with E-state index in [-0.39, 0.29) is 36.4 Å². The lowest BCUT2D eigenvalue weighted by Gasteiger charge is -2.29. The number of nitrogen functional groups attached to an aromatic ring is 1. The van der Waals surface area contributed by atoms with Crippen molar-refractivity contribution >= 4 is 30.8 Å². The van der Waals surface area contributed by atoms with E-state index in [1.165, 1.54) is 94.3 Å². The lowest BCUT2D eigenvalue weighted by molar-refractivity contribution is -0.204. The van der Waals surface area contributed by atoms with Gasteiger partial charge in [0.2, 0.25) is 5.60 Å². The third-order valence-corrected chi connectivity index (χ3v) is 13.6. The smallest absolute Gasteiger partial charge is 0.402 e. The van der Waals surface area contributed by atoms with E-state index in [1.54, 1.807) is 50.2 Å². The zero-order valence-electron chi connectivity index (χ0n) is 38.5. The molecule has 2 N–H and O–H groups in total. The van der Waals surface area contributed by atoms with E-state index in [4.69, 9.17) is 54.6 Å². The number of nitrogens with two attached hydrogens (primary N) is 1. The van der Waals surface area contributed by atoms with Gasteiger partial charge in [0.1, 0.15) is 48.1 Å². The van der Waals surface area contributed by atoms with Gasteiger partial charge in [-0.05, 0) is 50.1 Å². The minimum Gasteiger partial charge on any atom is -0.402 e. The number of para-hydroxylation sites is 1. The van der Waals surface area contributed by atoms with Gasteiger partial charge in [-0.2, -0.15) is 10.4 Å². The SMILES string of the molecule is CCCCCCCCCCCCCCCCCCO[C@H](COCc1ccccc1)COP(=O)(OC[C@H]1O[C@@](C#N)(c2ccc3c(N)ncnn23)[C@@H]2OC(C)(C)O[C@@H]21)Oc1ccccc1Cl. The number of halogens is 1. The molecule has 0 bridgehead atoms. The second-order valence-corrected chi connectivity index (χ2v) is 19.5. The number of benzene rings is 2. The summed E-state index contributed by atoms with van der Waals surface area (Å²) in [5, 5.41) is 15.4. The van der Waals surface area contributed by atoms with E-state index in [0.717, 1.165) is 24.8 Å². The molecule has 16 heteroatoms. The van der Waals surface area contributed by atoms with E-state index in [9.17, 15) is 9.83 Å². The zero-order chi connectivity index (χ0) is 46.0. The molecule has 2 aliphatic rings. The first-order valence-electron chi connectivity index (χ1n) is 23.7. The topological polar surface area (TPSA) is 171 Å². The fraction of sp³-hybridized carbons (Fsp3) is 0.612. The Bertz CT molecular complexity index is 2120. The molecular weight excluding hydrogens is 869 g/mol. The van der Waals surface area contributed by atoms with Crippen LogP contribution in [0.3, 0.4) is 0 Å². The lowest BCUT2D eigenvalue weighted by Crippen LogP contribution is -2.40. The van der Waals surface area contributed by atoms with Gasteiger partial charge in [-0.15, -0.1) is 0 Å². The van der Waals surface area contributed by atoms with Gasteiger partial charge in [-0.1, -0.05) is 157 Å². The van der Waals surface area contributed by atoms with Gasteiger partial charge in [-0.25, -0.2) is 14.1 Å². The Balaban J connectivity index is 1.05. The largest absolute Gasteiger partial charge is 0.530 e. The van der Waals surface area contributed by atoms with Crippen molar-refractivity contribution in [3.05, 3.63) is 89.3 Å². The maximum Gasteiger partial charge on any atom is 0.530 e. The highest BCUT2D eigenvalue weighted by Crippen LogP contribution is 2.54. The molecule has 0 spiro atoms. The standard InChI is InChI=1S/C49H69ClN5O9P/c1-4-5-6-7-8-9-10-11-12-13-14-15-16-17-18-24-31-58-39(33-57-32-38-25-20-19-21-26-38)34-59-65(56,64-42-28-23-22-27-40(42)50)60-35-43-45-46(63-48(2,3)62-45)49(36-51,61-43)44-30-29-41-47(52)53-37-54-55(41)44/h19-23,25-30,37,39,43,45-46H,4-18,24,31-35H2,1-3H3,(H2,52,53,54)/t39-,43-,45-,46-,49+,65?/m1/s1. The molecule has 0 amide bonds. The number of hydrogen-bond acceptors (Lipinski definition) is 13. The first kappa shape index (κ1) is 50.8. The first-order chi connectivity index (χ1) is 31.6. The second-order valence-electron chi connectivity index (χ2n) is 17.5. The number of ether oxygens (including phenoxy) is 5. The lowest BCUT2D eigenvalue weighted by atomic mass is 9.92. The Hall–Kier alpha value is -3.61. The number of hydrogen-bond donors (Lipinski definition) is 1. The molecule has 4 aromatic rings. The molecule has 356 valence electrons. The second kappa shape index (κ2) is 25.5. The fourth-order valence-corrected chi connectivity index (χ4v) is 9.95. The third kappa shape index (κ3) is 14.7. The predicted molar refractivity (Wildman–Crippen MR) is 250 cm³/mol. The molecular formula is C49H69ClN5O9P. The minimum absolute atomic E-state index is 0.0959. The van der Waals surface area contributed by atoms with E-state index in [0.29, 0.717) is 24.4 Å². The van der Waals surface area contributed by atoms with Crippen LogP contribution < -0.4 is 10.3 Å². The predicted octanol–water partition coefficient (Wildman–Crippen LogP) is 11.7. The van der Waals surface area contributed by atoms with Gasteiger partial charge < -0.3 is 33.9 Å². The monoisotopic (exact) mass is 937 g/mol. The Labute approximate surface area is 390 Å². The molecule has 14 nitrogen and oxygen atoms in total. The number of phosphoric acid groups is 1. The Morgan fingerprint density at radius 3 is 2.14 bits per heavy atom. The molecule has 0 aliphatic carbocycles. The molecule has 2 aliphatic heterocycles. The number of anilines is 1. The molecule has 2 saturated heterocycles. The van der Waals surface area contributed by atoms with Crippen molar-refractivity contribution in [2.45, 2.75) is 166 Å². The van der Waals surface area contributed by atoms with Crippen LogP contribution in [0.15, 0.2) is 73.1 Å². The molecule has 0 radical (unpaired) electrons. The fourth-order valence-electron chi connectivity index (χ4n) is 8.46. The van der Waals surface area contributed by atoms with Crippen LogP contribution >= 0.6 is 19.4 Å². The first-order valence-corrected chi connectivity index (χ1v) is 25.5. The third-order valence-electron chi connectivity index (χ3n) is 11.9. The van der Waals surface area contributed by atoms with Gasteiger partial charge >= 0.3 is 7.82 Å². The molecule has 4 heterocycles. The summed E-state index contributed by atoms with van der Waals surface area (Å²) in [6.07, 6.45) is 18.4. The number of fused-ring (bicyclic) bond motifs is 2. The molecule has 6 atom stereocenters. The van der Waals surface area contributed by atoms with Crippen LogP contribution in [0.5, 0.6) is 5.75 Å². The summed E-state index contributed by atoms with van der Waals surface area (Å²) < 4.78 is 66.0. The van der Waals surface area contributed by atoms with Crippen molar-refractivity contribution in [3.8, 4) is 11.8 Å². The van der Waals surface area contributed by atoms with Gasteiger partial charge in [0.15, 0.2) is 11.6 Å². The Morgan fingerprint density at radius 1 is 0.831 bits per heavy atom. The van der Waals surface area contributed by atoms with Crippen LogP contribution in [-0.2, 0) is 49.5 Å². The van der Waals surface area contributed by atoms with Crippen molar-refractivity contribution in [3.63, 3.8) is 0 Å². The van der Waals surface area contributed by atoms with Gasteiger partial charge in [0.05, 0.1) is 37.1 Å². The number of aromatic nitrogens is 3. The minimum atomic E-state index is -4.49. The van der Waals surface area contributed by atoms with E-state index >= 15 is 0 Å². The molecule has 2 aromatic heterocycles.